The van der Waals surface area contributed by atoms with Gasteiger partial charge in [-0.1, -0.05) is 103 Å². The molecule has 3 nitrogen and oxygen atoms in total. The van der Waals surface area contributed by atoms with Crippen LogP contribution in [0.1, 0.15) is 22.3 Å². The lowest BCUT2D eigenvalue weighted by molar-refractivity contribution is 0.274. The molecule has 0 aromatic heterocycles. The summed E-state index contributed by atoms with van der Waals surface area (Å²) in [5.74, 6) is 0.581. The first-order chi connectivity index (χ1) is 15.2. The van der Waals surface area contributed by atoms with Crippen LogP contribution >= 0.6 is 11.6 Å². The average Bonchev–Trinajstić information content (AvgIpc) is 2.84. The van der Waals surface area contributed by atoms with Crippen LogP contribution in [0, 0.1) is 0 Å². The van der Waals surface area contributed by atoms with Gasteiger partial charge >= 0.3 is 0 Å². The smallest absolute Gasteiger partial charge is 0.126 e. The van der Waals surface area contributed by atoms with Crippen molar-refractivity contribution >= 4 is 17.3 Å². The maximum absolute atomic E-state index is 9.67. The van der Waals surface area contributed by atoms with E-state index in [4.69, 9.17) is 16.3 Å². The van der Waals surface area contributed by atoms with Gasteiger partial charge < -0.3 is 15.2 Å². The van der Waals surface area contributed by atoms with Crippen LogP contribution in [0.2, 0.25) is 5.02 Å². The molecule has 31 heavy (non-hydrogen) atoms. The zero-order valence-corrected chi connectivity index (χ0v) is 18.0. The topological polar surface area (TPSA) is 41.5 Å². The number of anilines is 1. The highest BCUT2D eigenvalue weighted by Crippen LogP contribution is 2.42. The minimum Gasteiger partial charge on any atom is -0.496 e. The highest BCUT2D eigenvalue weighted by molar-refractivity contribution is 6.33. The Hall–Kier alpha value is -3.27. The standard InChI is InChI=1S/C27H24ClNO2/c1-31-26-18-25(24(28)17-20(26)19-30)29-27(21-11-5-2-6-12-21,22-13-7-3-8-14-22)23-15-9-4-10-16-23/h2-18,29-30H,19H2,1H3. The van der Waals surface area contributed by atoms with Crippen molar-refractivity contribution in [3.05, 3.63) is 130 Å². The molecule has 156 valence electrons. The van der Waals surface area contributed by atoms with Crippen molar-refractivity contribution in [1.82, 2.24) is 0 Å². The number of hydrogen-bond acceptors (Lipinski definition) is 3. The number of hydrogen-bond donors (Lipinski definition) is 2. The molecule has 0 aliphatic heterocycles. The van der Waals surface area contributed by atoms with E-state index in [1.807, 2.05) is 60.7 Å². The molecule has 0 spiro atoms. The summed E-state index contributed by atoms with van der Waals surface area (Å²) in [6, 6.07) is 34.5. The van der Waals surface area contributed by atoms with Gasteiger partial charge in [-0.25, -0.2) is 0 Å². The molecule has 0 aliphatic carbocycles. The van der Waals surface area contributed by atoms with Gasteiger partial charge in [-0.05, 0) is 22.8 Å². The van der Waals surface area contributed by atoms with Crippen molar-refractivity contribution in [3.8, 4) is 5.75 Å². The van der Waals surface area contributed by atoms with Crippen LogP contribution in [0.3, 0.4) is 0 Å². The summed E-state index contributed by atoms with van der Waals surface area (Å²) in [6.45, 7) is -0.148. The fourth-order valence-corrected chi connectivity index (χ4v) is 4.22. The largest absolute Gasteiger partial charge is 0.496 e. The van der Waals surface area contributed by atoms with E-state index in [-0.39, 0.29) is 6.61 Å². The van der Waals surface area contributed by atoms with Crippen molar-refractivity contribution in [1.29, 1.82) is 0 Å². The first-order valence-corrected chi connectivity index (χ1v) is 10.5. The van der Waals surface area contributed by atoms with Gasteiger partial charge in [0.25, 0.3) is 0 Å². The molecule has 2 N–H and O–H groups in total. The molecule has 0 saturated heterocycles. The van der Waals surface area contributed by atoms with Gasteiger partial charge in [0, 0.05) is 11.6 Å². The van der Waals surface area contributed by atoms with E-state index in [2.05, 4.69) is 41.7 Å². The molecule has 4 rings (SSSR count). The summed E-state index contributed by atoms with van der Waals surface area (Å²) in [4.78, 5) is 0. The molecular weight excluding hydrogens is 406 g/mol. The molecule has 0 unspecified atom stereocenters. The number of aliphatic hydroxyl groups is 1. The molecule has 0 saturated carbocycles. The Balaban J connectivity index is 2.00. The number of halogens is 1. The van der Waals surface area contributed by atoms with Crippen LogP contribution in [0.25, 0.3) is 0 Å². The third kappa shape index (κ3) is 4.02. The van der Waals surface area contributed by atoms with E-state index in [0.717, 1.165) is 16.7 Å². The Kier molecular flexibility index (Phi) is 6.26. The van der Waals surface area contributed by atoms with Gasteiger partial charge in [0.15, 0.2) is 0 Å². The second-order valence-corrected chi connectivity index (χ2v) is 7.68. The van der Waals surface area contributed by atoms with E-state index < -0.39 is 5.54 Å². The predicted octanol–water partition coefficient (Wildman–Crippen LogP) is 6.24. The van der Waals surface area contributed by atoms with Crippen molar-refractivity contribution in [2.75, 3.05) is 12.4 Å². The summed E-state index contributed by atoms with van der Waals surface area (Å²) in [6.07, 6.45) is 0. The van der Waals surface area contributed by atoms with E-state index in [1.54, 1.807) is 13.2 Å². The van der Waals surface area contributed by atoms with Gasteiger partial charge in [-0.15, -0.1) is 0 Å². The van der Waals surface area contributed by atoms with E-state index in [9.17, 15) is 5.11 Å². The van der Waals surface area contributed by atoms with Crippen molar-refractivity contribution in [3.63, 3.8) is 0 Å². The molecule has 0 bridgehead atoms. The Morgan fingerprint density at radius 2 is 1.23 bits per heavy atom. The number of nitrogens with one attached hydrogen (secondary N) is 1. The summed E-state index contributed by atoms with van der Waals surface area (Å²) in [5, 5.41) is 13.9. The van der Waals surface area contributed by atoms with Gasteiger partial charge in [-0.3, -0.25) is 0 Å². The highest BCUT2D eigenvalue weighted by Gasteiger charge is 2.37. The highest BCUT2D eigenvalue weighted by atomic mass is 35.5. The lowest BCUT2D eigenvalue weighted by atomic mass is 9.76. The molecule has 0 atom stereocenters. The van der Waals surface area contributed by atoms with Crippen LogP contribution in [-0.2, 0) is 12.1 Å². The first kappa shape index (κ1) is 21.0. The van der Waals surface area contributed by atoms with Gasteiger partial charge in [0.2, 0.25) is 0 Å². The van der Waals surface area contributed by atoms with Crippen LogP contribution in [0.4, 0.5) is 5.69 Å². The lowest BCUT2D eigenvalue weighted by Gasteiger charge is -2.38. The Morgan fingerprint density at radius 3 is 1.61 bits per heavy atom. The summed E-state index contributed by atoms with van der Waals surface area (Å²) in [5.41, 5.74) is 3.89. The normalized spacial score (nSPS) is 11.2. The Bertz CT molecular complexity index is 1040. The molecule has 4 aromatic rings. The number of benzene rings is 4. The van der Waals surface area contributed by atoms with Crippen LogP contribution < -0.4 is 10.1 Å². The van der Waals surface area contributed by atoms with E-state index in [0.29, 0.717) is 22.0 Å². The number of ether oxygens (including phenoxy) is 1. The second-order valence-electron chi connectivity index (χ2n) is 7.28. The molecule has 0 heterocycles. The third-order valence-corrected chi connectivity index (χ3v) is 5.80. The number of rotatable bonds is 7. The van der Waals surface area contributed by atoms with Gasteiger partial charge in [0.1, 0.15) is 11.3 Å². The molecule has 0 amide bonds. The third-order valence-electron chi connectivity index (χ3n) is 5.48. The van der Waals surface area contributed by atoms with Crippen LogP contribution in [0.15, 0.2) is 103 Å². The Morgan fingerprint density at radius 1 is 0.774 bits per heavy atom. The molecule has 4 aromatic carbocycles. The summed E-state index contributed by atoms with van der Waals surface area (Å²) >= 11 is 6.68. The van der Waals surface area contributed by atoms with Gasteiger partial charge in [0.05, 0.1) is 24.4 Å². The van der Waals surface area contributed by atoms with Crippen molar-refractivity contribution < 1.29 is 9.84 Å². The van der Waals surface area contributed by atoms with Crippen molar-refractivity contribution in [2.24, 2.45) is 0 Å². The maximum atomic E-state index is 9.67. The quantitative estimate of drug-likeness (QED) is 0.341. The predicted molar refractivity (Wildman–Crippen MR) is 127 cm³/mol. The second kappa shape index (κ2) is 9.25. The zero-order valence-electron chi connectivity index (χ0n) is 17.3. The molecule has 4 heteroatoms. The molecule has 0 radical (unpaired) electrons. The maximum Gasteiger partial charge on any atom is 0.126 e. The fraction of sp³-hybridized carbons (Fsp3) is 0.111. The SMILES string of the molecule is COc1cc(NC(c2ccccc2)(c2ccccc2)c2ccccc2)c(Cl)cc1CO. The molecule has 0 aliphatic rings. The first-order valence-electron chi connectivity index (χ1n) is 10.1. The summed E-state index contributed by atoms with van der Waals surface area (Å²) in [7, 11) is 1.59. The van der Waals surface area contributed by atoms with E-state index in [1.165, 1.54) is 0 Å². The van der Waals surface area contributed by atoms with Crippen LogP contribution in [0.5, 0.6) is 5.75 Å². The van der Waals surface area contributed by atoms with Gasteiger partial charge in [-0.2, -0.15) is 0 Å². The lowest BCUT2D eigenvalue weighted by Crippen LogP contribution is -2.38. The average molecular weight is 430 g/mol. The van der Waals surface area contributed by atoms with E-state index >= 15 is 0 Å². The molecular formula is C27H24ClNO2. The summed E-state index contributed by atoms with van der Waals surface area (Å²) < 4.78 is 5.50. The Labute approximate surface area is 187 Å². The molecule has 0 fully saturated rings. The number of methoxy groups -OCH3 is 1. The minimum atomic E-state index is -0.695. The van der Waals surface area contributed by atoms with Crippen molar-refractivity contribution in [2.45, 2.75) is 12.1 Å². The number of aliphatic hydroxyl groups excluding tert-OH is 1. The monoisotopic (exact) mass is 429 g/mol. The zero-order chi connectivity index (χ0) is 21.7. The fourth-order valence-electron chi connectivity index (χ4n) is 3.99. The minimum absolute atomic E-state index is 0.148. The van der Waals surface area contributed by atoms with Crippen LogP contribution in [-0.4, -0.2) is 12.2 Å².